The number of hydrogen-bond acceptors (Lipinski definition) is 3. The first kappa shape index (κ1) is 13.9. The highest BCUT2D eigenvalue weighted by Gasteiger charge is 2.18. The number of halogens is 1. The average Bonchev–Trinajstić information content (AvgIpc) is 2.64. The summed E-state index contributed by atoms with van der Waals surface area (Å²) in [6, 6.07) is 4.96. The van der Waals surface area contributed by atoms with Gasteiger partial charge in [0.2, 0.25) is 0 Å². The maximum absolute atomic E-state index is 12.2. The van der Waals surface area contributed by atoms with E-state index < -0.39 is 10.0 Å². The quantitative estimate of drug-likeness (QED) is 0.947. The molecule has 2 rings (SSSR count). The summed E-state index contributed by atoms with van der Waals surface area (Å²) in [4.78, 5) is 0.204. The SMILES string of the molecule is Cc1ccc(S(=O)(=O)Nc2cnn(C)c2Cl)cc1C. The second kappa shape index (κ2) is 4.86. The number of aromatic nitrogens is 2. The fourth-order valence-electron chi connectivity index (χ4n) is 1.58. The molecule has 1 N–H and O–H groups in total. The number of aryl methyl sites for hydroxylation is 3. The molecule has 0 fully saturated rings. The zero-order chi connectivity index (χ0) is 14.2. The van der Waals surface area contributed by atoms with Crippen molar-refractivity contribution in [3.8, 4) is 0 Å². The zero-order valence-corrected chi connectivity index (χ0v) is 12.4. The van der Waals surface area contributed by atoms with Gasteiger partial charge in [0.25, 0.3) is 10.0 Å². The second-order valence-corrected chi connectivity index (χ2v) is 6.36. The van der Waals surface area contributed by atoms with Crippen molar-refractivity contribution in [2.75, 3.05) is 4.72 Å². The minimum Gasteiger partial charge on any atom is -0.275 e. The highest BCUT2D eigenvalue weighted by Crippen LogP contribution is 2.24. The third-order valence-electron chi connectivity index (χ3n) is 2.90. The van der Waals surface area contributed by atoms with Crippen molar-refractivity contribution in [1.82, 2.24) is 9.78 Å². The predicted octanol–water partition coefficient (Wildman–Crippen LogP) is 2.49. The molecule has 5 nitrogen and oxygen atoms in total. The molecule has 1 aromatic heterocycles. The van der Waals surface area contributed by atoms with Gasteiger partial charge in [0.15, 0.2) is 5.15 Å². The molecule has 0 aliphatic rings. The predicted molar refractivity (Wildman–Crippen MR) is 74.9 cm³/mol. The van der Waals surface area contributed by atoms with Crippen molar-refractivity contribution in [3.63, 3.8) is 0 Å². The Kier molecular flexibility index (Phi) is 3.56. The molecule has 0 bridgehead atoms. The lowest BCUT2D eigenvalue weighted by atomic mass is 10.1. The molecule has 1 aromatic carbocycles. The van der Waals surface area contributed by atoms with Crippen LogP contribution in [0.3, 0.4) is 0 Å². The molecule has 19 heavy (non-hydrogen) atoms. The summed E-state index contributed by atoms with van der Waals surface area (Å²) in [6.45, 7) is 3.79. The average molecular weight is 300 g/mol. The van der Waals surface area contributed by atoms with Crippen LogP contribution in [0.15, 0.2) is 29.3 Å². The highest BCUT2D eigenvalue weighted by molar-refractivity contribution is 7.92. The van der Waals surface area contributed by atoms with Crippen LogP contribution in [-0.2, 0) is 17.1 Å². The summed E-state index contributed by atoms with van der Waals surface area (Å²) >= 11 is 5.93. The summed E-state index contributed by atoms with van der Waals surface area (Å²) in [6.07, 6.45) is 1.38. The van der Waals surface area contributed by atoms with Gasteiger partial charge in [0, 0.05) is 7.05 Å². The molecule has 0 radical (unpaired) electrons. The maximum Gasteiger partial charge on any atom is 0.262 e. The third kappa shape index (κ3) is 2.74. The molecular weight excluding hydrogens is 286 g/mol. The summed E-state index contributed by atoms with van der Waals surface area (Å²) in [5.74, 6) is 0. The number of benzene rings is 1. The van der Waals surface area contributed by atoms with Crippen molar-refractivity contribution < 1.29 is 8.42 Å². The molecule has 0 amide bonds. The molecule has 1 heterocycles. The van der Waals surface area contributed by atoms with E-state index >= 15 is 0 Å². The van der Waals surface area contributed by atoms with E-state index in [0.29, 0.717) is 0 Å². The van der Waals surface area contributed by atoms with Gasteiger partial charge in [-0.1, -0.05) is 17.7 Å². The van der Waals surface area contributed by atoms with E-state index in [1.807, 2.05) is 13.8 Å². The van der Waals surface area contributed by atoms with Crippen molar-refractivity contribution >= 4 is 27.3 Å². The van der Waals surface area contributed by atoms with Crippen molar-refractivity contribution in [3.05, 3.63) is 40.7 Å². The Morgan fingerprint density at radius 1 is 1.26 bits per heavy atom. The van der Waals surface area contributed by atoms with Crippen LogP contribution in [0.5, 0.6) is 0 Å². The van der Waals surface area contributed by atoms with Crippen LogP contribution >= 0.6 is 11.6 Å². The van der Waals surface area contributed by atoms with E-state index in [1.54, 1.807) is 25.2 Å². The topological polar surface area (TPSA) is 64.0 Å². The number of nitrogens with one attached hydrogen (secondary N) is 1. The number of sulfonamides is 1. The fourth-order valence-corrected chi connectivity index (χ4v) is 2.91. The van der Waals surface area contributed by atoms with Crippen LogP contribution in [0.1, 0.15) is 11.1 Å². The minimum absolute atomic E-state index is 0.204. The molecule has 0 atom stereocenters. The van der Waals surface area contributed by atoms with E-state index in [4.69, 9.17) is 11.6 Å². The lowest BCUT2D eigenvalue weighted by molar-refractivity contribution is 0.601. The first-order valence-corrected chi connectivity index (χ1v) is 7.45. The van der Waals surface area contributed by atoms with Crippen molar-refractivity contribution in [2.45, 2.75) is 18.7 Å². The molecule has 0 spiro atoms. The second-order valence-electron chi connectivity index (χ2n) is 4.32. The summed E-state index contributed by atoms with van der Waals surface area (Å²) < 4.78 is 28.3. The molecule has 0 saturated heterocycles. The molecule has 0 aliphatic heterocycles. The Morgan fingerprint density at radius 3 is 2.47 bits per heavy atom. The number of rotatable bonds is 3. The van der Waals surface area contributed by atoms with Crippen LogP contribution in [0, 0.1) is 13.8 Å². The van der Waals surface area contributed by atoms with Crippen LogP contribution in [0.2, 0.25) is 5.15 Å². The van der Waals surface area contributed by atoms with Gasteiger partial charge in [0.1, 0.15) is 5.69 Å². The maximum atomic E-state index is 12.2. The Bertz CT molecular complexity index is 723. The third-order valence-corrected chi connectivity index (χ3v) is 4.71. The Labute approximate surface area is 117 Å². The van der Waals surface area contributed by atoms with Gasteiger partial charge in [-0.25, -0.2) is 8.42 Å². The van der Waals surface area contributed by atoms with Crippen LogP contribution < -0.4 is 4.72 Å². The van der Waals surface area contributed by atoms with Gasteiger partial charge >= 0.3 is 0 Å². The van der Waals surface area contributed by atoms with E-state index in [9.17, 15) is 8.42 Å². The Hall–Kier alpha value is -1.53. The van der Waals surface area contributed by atoms with Gasteiger partial charge in [-0.15, -0.1) is 0 Å². The number of hydrogen-bond donors (Lipinski definition) is 1. The van der Waals surface area contributed by atoms with Gasteiger partial charge in [-0.3, -0.25) is 9.40 Å². The smallest absolute Gasteiger partial charge is 0.262 e. The van der Waals surface area contributed by atoms with E-state index in [1.165, 1.54) is 10.9 Å². The summed E-state index contributed by atoms with van der Waals surface area (Å²) in [5.41, 5.74) is 2.22. The fraction of sp³-hybridized carbons (Fsp3) is 0.250. The van der Waals surface area contributed by atoms with Gasteiger partial charge in [0.05, 0.1) is 11.1 Å². The molecular formula is C12H14ClN3O2S. The lowest BCUT2D eigenvalue weighted by Gasteiger charge is -2.08. The Balaban J connectivity index is 2.37. The van der Waals surface area contributed by atoms with E-state index in [-0.39, 0.29) is 15.7 Å². The first-order valence-electron chi connectivity index (χ1n) is 5.59. The largest absolute Gasteiger partial charge is 0.275 e. The standard InChI is InChI=1S/C12H14ClN3O2S/c1-8-4-5-10(6-9(8)2)19(17,18)15-11-7-14-16(3)12(11)13/h4-7,15H,1-3H3. The zero-order valence-electron chi connectivity index (χ0n) is 10.8. The summed E-state index contributed by atoms with van der Waals surface area (Å²) in [5, 5.41) is 4.13. The van der Waals surface area contributed by atoms with Crippen LogP contribution in [0.25, 0.3) is 0 Å². The normalized spacial score (nSPS) is 11.6. The van der Waals surface area contributed by atoms with Gasteiger partial charge < -0.3 is 0 Å². The van der Waals surface area contributed by atoms with E-state index in [2.05, 4.69) is 9.82 Å². The molecule has 0 unspecified atom stereocenters. The van der Waals surface area contributed by atoms with E-state index in [0.717, 1.165) is 11.1 Å². The molecule has 2 aromatic rings. The molecule has 0 saturated carbocycles. The monoisotopic (exact) mass is 299 g/mol. The van der Waals surface area contributed by atoms with Gasteiger partial charge in [-0.05, 0) is 37.1 Å². The van der Waals surface area contributed by atoms with Crippen LogP contribution in [-0.4, -0.2) is 18.2 Å². The number of nitrogens with zero attached hydrogens (tertiary/aromatic N) is 2. The van der Waals surface area contributed by atoms with Crippen molar-refractivity contribution in [2.24, 2.45) is 7.05 Å². The lowest BCUT2D eigenvalue weighted by Crippen LogP contribution is -2.13. The summed E-state index contributed by atoms with van der Waals surface area (Å²) in [7, 11) is -2.01. The highest BCUT2D eigenvalue weighted by atomic mass is 35.5. The molecule has 102 valence electrons. The number of anilines is 1. The minimum atomic E-state index is -3.65. The van der Waals surface area contributed by atoms with Crippen LogP contribution in [0.4, 0.5) is 5.69 Å². The van der Waals surface area contributed by atoms with Gasteiger partial charge in [-0.2, -0.15) is 5.10 Å². The van der Waals surface area contributed by atoms with Crippen molar-refractivity contribution in [1.29, 1.82) is 0 Å². The first-order chi connectivity index (χ1) is 8.81. The Morgan fingerprint density at radius 2 is 1.95 bits per heavy atom. The molecule has 0 aliphatic carbocycles. The molecule has 7 heteroatoms.